The van der Waals surface area contributed by atoms with Gasteiger partial charge in [-0.05, 0) is 18.9 Å². The second-order valence-electron chi connectivity index (χ2n) is 5.77. The smallest absolute Gasteiger partial charge is 0.340 e. The average molecular weight is 306 g/mol. The Morgan fingerprint density at radius 2 is 2.05 bits per heavy atom. The van der Waals surface area contributed by atoms with Crippen LogP contribution < -0.4 is 0 Å². The highest BCUT2D eigenvalue weighted by atomic mass is 16.5. The molecule has 0 unspecified atom stereocenters. The van der Waals surface area contributed by atoms with Gasteiger partial charge in [0.2, 0.25) is 0 Å². The number of hydrogen-bond acceptors (Lipinski definition) is 5. The molecule has 1 heterocycles. The van der Waals surface area contributed by atoms with E-state index in [4.69, 9.17) is 4.74 Å². The molecule has 1 aliphatic heterocycles. The van der Waals surface area contributed by atoms with E-state index in [0.717, 1.165) is 0 Å². The fraction of sp³-hybridized carbons (Fsp3) is 0.529. The van der Waals surface area contributed by atoms with Crippen LogP contribution in [0.25, 0.3) is 0 Å². The number of aliphatic hydroxyl groups is 2. The molecule has 0 aromatic heterocycles. The van der Waals surface area contributed by atoms with Crippen LogP contribution in [0.5, 0.6) is 0 Å². The lowest BCUT2D eigenvalue weighted by Gasteiger charge is -2.21. The van der Waals surface area contributed by atoms with Crippen LogP contribution in [0.3, 0.4) is 0 Å². The lowest BCUT2D eigenvalue weighted by molar-refractivity contribution is -0.135. The summed E-state index contributed by atoms with van der Waals surface area (Å²) >= 11 is 0. The molecule has 3 atom stereocenters. The monoisotopic (exact) mass is 306 g/mol. The summed E-state index contributed by atoms with van der Waals surface area (Å²) in [5, 5.41) is 20.6. The van der Waals surface area contributed by atoms with Crippen molar-refractivity contribution in [1.82, 2.24) is 0 Å². The van der Waals surface area contributed by atoms with Crippen molar-refractivity contribution >= 4 is 11.8 Å². The second kappa shape index (κ2) is 6.58. The van der Waals surface area contributed by atoms with Gasteiger partial charge in [0.1, 0.15) is 11.9 Å². The van der Waals surface area contributed by atoms with Gasteiger partial charge in [-0.3, -0.25) is 4.79 Å². The van der Waals surface area contributed by atoms with Crippen LogP contribution in [0.2, 0.25) is 0 Å². The maximum atomic E-state index is 12.2. The summed E-state index contributed by atoms with van der Waals surface area (Å²) in [5.41, 5.74) is 1.55. The topological polar surface area (TPSA) is 83.8 Å². The lowest BCUT2D eigenvalue weighted by Crippen LogP contribution is -2.34. The molecule has 5 nitrogen and oxygen atoms in total. The van der Waals surface area contributed by atoms with Crippen LogP contribution in [0.1, 0.15) is 39.5 Å². The first kappa shape index (κ1) is 16.6. The minimum Gasteiger partial charge on any atom is -0.423 e. The van der Waals surface area contributed by atoms with Crippen molar-refractivity contribution in [3.05, 3.63) is 35.1 Å². The van der Waals surface area contributed by atoms with Crippen LogP contribution >= 0.6 is 0 Å². The molecule has 0 spiro atoms. The van der Waals surface area contributed by atoms with Crippen molar-refractivity contribution in [3.8, 4) is 0 Å². The number of rotatable bonds is 2. The Hall–Kier alpha value is -1.72. The second-order valence-corrected chi connectivity index (χ2v) is 5.77. The summed E-state index contributed by atoms with van der Waals surface area (Å²) in [6.07, 6.45) is 0.811. The molecule has 0 bridgehead atoms. The number of allylic oxidation sites excluding steroid dienone is 2. The Morgan fingerprint density at radius 1 is 1.36 bits per heavy atom. The van der Waals surface area contributed by atoms with E-state index in [9.17, 15) is 19.8 Å². The molecule has 2 aliphatic rings. The van der Waals surface area contributed by atoms with E-state index in [1.54, 1.807) is 13.0 Å². The Balaban J connectivity index is 2.58. The zero-order valence-corrected chi connectivity index (χ0v) is 13.0. The van der Waals surface area contributed by atoms with Gasteiger partial charge >= 0.3 is 5.97 Å². The normalized spacial score (nSPS) is 31.7. The minimum atomic E-state index is -1.31. The molecular weight excluding hydrogens is 284 g/mol. The Labute approximate surface area is 130 Å². The summed E-state index contributed by atoms with van der Waals surface area (Å²) in [4.78, 5) is 24.4. The number of ketones is 1. The number of carbonyl (C=O) groups is 2. The van der Waals surface area contributed by atoms with Crippen LogP contribution in [0.4, 0.5) is 0 Å². The van der Waals surface area contributed by atoms with Crippen LogP contribution in [-0.4, -0.2) is 34.2 Å². The van der Waals surface area contributed by atoms with Crippen molar-refractivity contribution in [2.75, 3.05) is 0 Å². The quantitative estimate of drug-likeness (QED) is 0.600. The van der Waals surface area contributed by atoms with Gasteiger partial charge in [0.05, 0.1) is 11.7 Å². The van der Waals surface area contributed by atoms with E-state index in [1.165, 1.54) is 0 Å². The molecule has 22 heavy (non-hydrogen) atoms. The molecule has 120 valence electrons. The van der Waals surface area contributed by atoms with Gasteiger partial charge in [-0.1, -0.05) is 26.0 Å². The van der Waals surface area contributed by atoms with Gasteiger partial charge < -0.3 is 14.9 Å². The molecular formula is C17H22O5. The Morgan fingerprint density at radius 3 is 2.64 bits per heavy atom. The number of cyclic esters (lactones) is 1. The number of hydrogen-bond donors (Lipinski definition) is 2. The van der Waals surface area contributed by atoms with E-state index >= 15 is 0 Å². The van der Waals surface area contributed by atoms with E-state index in [1.807, 2.05) is 6.92 Å². The fourth-order valence-electron chi connectivity index (χ4n) is 3.13. The van der Waals surface area contributed by atoms with Gasteiger partial charge in [-0.2, -0.15) is 0 Å². The third kappa shape index (κ3) is 2.91. The number of esters is 1. The highest BCUT2D eigenvalue weighted by Crippen LogP contribution is 2.39. The summed E-state index contributed by atoms with van der Waals surface area (Å²) in [7, 11) is 0. The first-order valence-corrected chi connectivity index (χ1v) is 7.59. The van der Waals surface area contributed by atoms with E-state index < -0.39 is 29.9 Å². The van der Waals surface area contributed by atoms with E-state index in [2.05, 4.69) is 6.58 Å². The molecule has 0 saturated carbocycles. The van der Waals surface area contributed by atoms with Crippen molar-refractivity contribution in [2.45, 2.75) is 51.7 Å². The Kier molecular flexibility index (Phi) is 4.98. The highest BCUT2D eigenvalue weighted by molar-refractivity contribution is 5.97. The largest absolute Gasteiger partial charge is 0.423 e. The molecule has 0 radical (unpaired) electrons. The van der Waals surface area contributed by atoms with Crippen molar-refractivity contribution in [2.24, 2.45) is 5.92 Å². The number of aliphatic hydroxyl groups excluding tert-OH is 2. The molecule has 1 aliphatic carbocycles. The van der Waals surface area contributed by atoms with Gasteiger partial charge in [-0.25, -0.2) is 4.79 Å². The molecule has 0 fully saturated rings. The van der Waals surface area contributed by atoms with Crippen molar-refractivity contribution in [3.63, 3.8) is 0 Å². The standard InChI is InChI=1S/C17H22O5/c1-4-6-11-15-12(9(3)22-17(15)21)7-10(5-2)13(18)8-14(19)16(11)20/h5,11,13,16,18,20H,3-4,6-8H2,1-2H3/b10-5-/t11-,13-,16-/m0/s1. The summed E-state index contributed by atoms with van der Waals surface area (Å²) < 4.78 is 5.11. The predicted octanol–water partition coefficient (Wildman–Crippen LogP) is 1.80. The maximum absolute atomic E-state index is 12.2. The van der Waals surface area contributed by atoms with Crippen molar-refractivity contribution in [1.29, 1.82) is 0 Å². The lowest BCUT2D eigenvalue weighted by atomic mass is 9.84. The third-order valence-electron chi connectivity index (χ3n) is 4.35. The molecule has 0 amide bonds. The van der Waals surface area contributed by atoms with Gasteiger partial charge in [0, 0.05) is 24.3 Å². The van der Waals surface area contributed by atoms with E-state index in [-0.39, 0.29) is 12.2 Å². The predicted molar refractivity (Wildman–Crippen MR) is 80.7 cm³/mol. The first-order valence-electron chi connectivity index (χ1n) is 7.59. The van der Waals surface area contributed by atoms with Crippen molar-refractivity contribution < 1.29 is 24.5 Å². The molecule has 5 heteroatoms. The zero-order valence-electron chi connectivity index (χ0n) is 13.0. The van der Waals surface area contributed by atoms with E-state index in [0.29, 0.717) is 36.0 Å². The molecule has 2 N–H and O–H groups in total. The summed E-state index contributed by atoms with van der Waals surface area (Å²) in [5.74, 6) is -1.36. The summed E-state index contributed by atoms with van der Waals surface area (Å²) in [6, 6.07) is 0. The Bertz CT molecular complexity index is 570. The molecule has 0 aromatic rings. The zero-order chi connectivity index (χ0) is 16.4. The minimum absolute atomic E-state index is 0.150. The van der Waals surface area contributed by atoms with Crippen LogP contribution in [0, 0.1) is 5.92 Å². The third-order valence-corrected chi connectivity index (χ3v) is 4.35. The first-order chi connectivity index (χ1) is 10.4. The average Bonchev–Trinajstić information content (AvgIpc) is 2.75. The van der Waals surface area contributed by atoms with Crippen LogP contribution in [0.15, 0.2) is 35.1 Å². The number of carbonyl (C=O) groups excluding carboxylic acids is 2. The SMILES string of the molecule is C=C1OC(=O)C2=C1C/C(=C/C)[C@@H](O)CC(=O)[C@@H](O)[C@H]2CCC. The summed E-state index contributed by atoms with van der Waals surface area (Å²) in [6.45, 7) is 7.44. The van der Waals surface area contributed by atoms with Gasteiger partial charge in [0.15, 0.2) is 5.78 Å². The number of Topliss-reactive ketones (excluding diaryl/α,β-unsaturated/α-hetero) is 1. The fourth-order valence-corrected chi connectivity index (χ4v) is 3.13. The highest BCUT2D eigenvalue weighted by Gasteiger charge is 2.41. The van der Waals surface area contributed by atoms with Crippen LogP contribution in [-0.2, 0) is 14.3 Å². The number of ether oxygens (including phenoxy) is 1. The molecule has 2 rings (SSSR count). The molecule has 0 saturated heterocycles. The maximum Gasteiger partial charge on any atom is 0.340 e. The van der Waals surface area contributed by atoms with Gasteiger partial charge in [-0.15, -0.1) is 0 Å². The van der Waals surface area contributed by atoms with Gasteiger partial charge in [0.25, 0.3) is 0 Å². The molecule has 0 aromatic carbocycles.